The summed E-state index contributed by atoms with van der Waals surface area (Å²) in [5.41, 5.74) is 12.8. The van der Waals surface area contributed by atoms with E-state index in [0.717, 1.165) is 24.6 Å². The molecule has 1 aromatic carbocycles. The number of nitrogens with one attached hydrogen (secondary N) is 2. The number of fused-ring (bicyclic) bond motifs is 2. The normalized spacial score (nSPS) is 27.9. The first kappa shape index (κ1) is 21.7. The van der Waals surface area contributed by atoms with Gasteiger partial charge in [0.05, 0.1) is 18.2 Å². The number of aromatic nitrogens is 2. The number of primary amides is 1. The number of nitrogen functional groups attached to an aromatic ring is 1. The molecule has 0 spiro atoms. The summed E-state index contributed by atoms with van der Waals surface area (Å²) < 4.78 is 14.2. The number of nitrogens with two attached hydrogens (primary N) is 2. The van der Waals surface area contributed by atoms with Gasteiger partial charge in [0.1, 0.15) is 0 Å². The molecule has 1 aromatic heterocycles. The van der Waals surface area contributed by atoms with Crippen LogP contribution in [0.4, 0.5) is 15.9 Å². The number of anilines is 2. The third kappa shape index (κ3) is 4.58. The number of amides is 1. The summed E-state index contributed by atoms with van der Waals surface area (Å²) in [6.07, 6.45) is 2.01. The third-order valence-corrected chi connectivity index (χ3v) is 6.71. The molecule has 1 unspecified atom stereocenters. The minimum absolute atomic E-state index is 0.0207. The van der Waals surface area contributed by atoms with E-state index < -0.39 is 23.7 Å². The molecule has 8 nitrogen and oxygen atoms in total. The molecule has 166 valence electrons. The van der Waals surface area contributed by atoms with Crippen LogP contribution in [0, 0.1) is 29.5 Å². The van der Waals surface area contributed by atoms with E-state index in [1.54, 1.807) is 12.1 Å². The molecular weight excluding hydrogens is 423 g/mol. The number of rotatable bonds is 8. The summed E-state index contributed by atoms with van der Waals surface area (Å²) >= 11 is 5.81. The Hall–Kier alpha value is -2.49. The van der Waals surface area contributed by atoms with E-state index in [1.165, 1.54) is 0 Å². The average Bonchev–Trinajstić information content (AvgIpc) is 3.28. The number of aliphatic hydroxyl groups is 1. The Labute approximate surface area is 184 Å². The zero-order valence-electron chi connectivity index (χ0n) is 16.8. The molecule has 2 fully saturated rings. The van der Waals surface area contributed by atoms with Crippen molar-refractivity contribution in [2.24, 2.45) is 29.4 Å². The molecule has 1 heterocycles. The summed E-state index contributed by atoms with van der Waals surface area (Å²) in [4.78, 5) is 19.7. The quantitative estimate of drug-likeness (QED) is 0.306. The fourth-order valence-electron chi connectivity index (χ4n) is 5.23. The number of carbonyl (C=O) groups is 1. The van der Waals surface area contributed by atoms with Crippen LogP contribution >= 0.6 is 11.6 Å². The van der Waals surface area contributed by atoms with E-state index in [1.807, 2.05) is 12.1 Å². The van der Waals surface area contributed by atoms with E-state index in [2.05, 4.69) is 20.6 Å². The van der Waals surface area contributed by atoms with Crippen LogP contribution in [-0.2, 0) is 4.79 Å². The predicted molar refractivity (Wildman–Crippen MR) is 115 cm³/mol. The van der Waals surface area contributed by atoms with E-state index >= 15 is 0 Å². The number of halogens is 2. The van der Waals surface area contributed by atoms with Gasteiger partial charge in [-0.1, -0.05) is 12.1 Å². The topological polar surface area (TPSA) is 139 Å². The van der Waals surface area contributed by atoms with Gasteiger partial charge in [-0.2, -0.15) is 4.98 Å². The highest BCUT2D eigenvalue weighted by molar-refractivity contribution is 6.28. The molecule has 6 atom stereocenters. The lowest BCUT2D eigenvalue weighted by Gasteiger charge is -2.35. The Bertz CT molecular complexity index is 963. The van der Waals surface area contributed by atoms with Gasteiger partial charge in [-0.3, -0.25) is 4.79 Å². The summed E-state index contributed by atoms with van der Waals surface area (Å²) in [6.45, 7) is 1.04. The second kappa shape index (κ2) is 8.94. The molecule has 2 aliphatic carbocycles. The van der Waals surface area contributed by atoms with E-state index in [-0.39, 0.29) is 34.9 Å². The molecule has 2 bridgehead atoms. The highest BCUT2D eigenvalue weighted by Crippen LogP contribution is 2.52. The van der Waals surface area contributed by atoms with E-state index in [4.69, 9.17) is 23.1 Å². The van der Waals surface area contributed by atoms with Crippen LogP contribution in [0.3, 0.4) is 0 Å². The Kier molecular flexibility index (Phi) is 6.27. The van der Waals surface area contributed by atoms with Gasteiger partial charge < -0.3 is 27.2 Å². The van der Waals surface area contributed by atoms with Gasteiger partial charge in [-0.25, -0.2) is 9.37 Å². The van der Waals surface area contributed by atoms with Crippen LogP contribution in [0.25, 0.3) is 0 Å². The molecule has 2 aliphatic rings. The Morgan fingerprint density at radius 1 is 1.39 bits per heavy atom. The van der Waals surface area contributed by atoms with Crippen molar-refractivity contribution in [1.29, 1.82) is 0 Å². The third-order valence-electron chi connectivity index (χ3n) is 6.53. The molecular formula is C21H26ClFN6O2. The number of hydrogen-bond acceptors (Lipinski definition) is 7. The van der Waals surface area contributed by atoms with Gasteiger partial charge in [0.15, 0.2) is 11.6 Å². The fraction of sp³-hybridized carbons (Fsp3) is 0.476. The van der Waals surface area contributed by atoms with Crippen LogP contribution in [0.2, 0.25) is 5.28 Å². The SMILES string of the molecule is NC(=O)[C@H]1[C@H]2C[C@@H](CNCC(O)c3cccc(N)c3)[C@@H](C2)[C@H]1Nc1nc(Cl)ncc1F. The van der Waals surface area contributed by atoms with Crippen LogP contribution in [0.5, 0.6) is 0 Å². The lowest BCUT2D eigenvalue weighted by molar-refractivity contribution is -0.123. The highest BCUT2D eigenvalue weighted by Gasteiger charge is 2.54. The van der Waals surface area contributed by atoms with Crippen molar-refractivity contribution in [2.75, 3.05) is 24.1 Å². The zero-order valence-corrected chi connectivity index (χ0v) is 17.6. The monoisotopic (exact) mass is 448 g/mol. The van der Waals surface area contributed by atoms with Gasteiger partial charge in [0.2, 0.25) is 11.2 Å². The number of benzene rings is 1. The standard InChI is InChI=1S/C21H26ClFN6O2/c22-21-27-8-15(23)20(29-21)28-18-14-6-11(17(18)19(25)31)4-12(14)7-26-9-16(30)10-2-1-3-13(24)5-10/h1-3,5,8,11-12,14,16-18,26,30H,4,6-7,9,24H2,(H2,25,31)(H,27,28,29)/t11-,12-,14+,16?,17-,18+/m0/s1. The number of hydrogen-bond donors (Lipinski definition) is 5. The Balaban J connectivity index is 1.40. The lowest BCUT2D eigenvalue weighted by atomic mass is 9.77. The molecule has 4 rings (SSSR count). The number of aliphatic hydroxyl groups excluding tert-OH is 1. The van der Waals surface area contributed by atoms with Crippen LogP contribution in [0.15, 0.2) is 30.5 Å². The molecule has 0 radical (unpaired) electrons. The summed E-state index contributed by atoms with van der Waals surface area (Å²) in [5.74, 6) is -0.936. The minimum Gasteiger partial charge on any atom is -0.399 e. The summed E-state index contributed by atoms with van der Waals surface area (Å²) in [6, 6.07) is 6.83. The Morgan fingerprint density at radius 2 is 2.19 bits per heavy atom. The predicted octanol–water partition coefficient (Wildman–Crippen LogP) is 1.71. The molecule has 2 aromatic rings. The van der Waals surface area contributed by atoms with Crippen molar-refractivity contribution in [2.45, 2.75) is 25.0 Å². The minimum atomic E-state index is -0.674. The number of nitrogens with zero attached hydrogens (tertiary/aromatic N) is 2. The second-order valence-corrected chi connectivity index (χ2v) is 8.77. The molecule has 1 amide bonds. The number of carbonyl (C=O) groups excluding carboxylic acids is 1. The van der Waals surface area contributed by atoms with Crippen molar-refractivity contribution in [3.63, 3.8) is 0 Å². The van der Waals surface area contributed by atoms with Crippen molar-refractivity contribution in [3.8, 4) is 0 Å². The maximum absolute atomic E-state index is 14.2. The Morgan fingerprint density at radius 3 is 2.94 bits per heavy atom. The molecule has 0 saturated heterocycles. The van der Waals surface area contributed by atoms with Gasteiger partial charge in [-0.15, -0.1) is 0 Å². The van der Waals surface area contributed by atoms with Gasteiger partial charge in [0.25, 0.3) is 0 Å². The molecule has 31 heavy (non-hydrogen) atoms. The molecule has 7 N–H and O–H groups in total. The zero-order chi connectivity index (χ0) is 22.1. The highest BCUT2D eigenvalue weighted by atomic mass is 35.5. The van der Waals surface area contributed by atoms with Crippen molar-refractivity contribution < 1.29 is 14.3 Å². The van der Waals surface area contributed by atoms with Crippen LogP contribution in [0.1, 0.15) is 24.5 Å². The first-order valence-electron chi connectivity index (χ1n) is 10.3. The van der Waals surface area contributed by atoms with E-state index in [9.17, 15) is 14.3 Å². The molecule has 0 aliphatic heterocycles. The van der Waals surface area contributed by atoms with E-state index in [0.29, 0.717) is 18.8 Å². The smallest absolute Gasteiger partial charge is 0.224 e. The fourth-order valence-corrected chi connectivity index (χ4v) is 5.36. The lowest BCUT2D eigenvalue weighted by Crippen LogP contribution is -2.47. The van der Waals surface area contributed by atoms with Gasteiger partial charge in [0, 0.05) is 18.3 Å². The molecule has 10 heteroatoms. The maximum Gasteiger partial charge on any atom is 0.224 e. The summed E-state index contributed by atoms with van der Waals surface area (Å²) in [7, 11) is 0. The van der Waals surface area contributed by atoms with Crippen molar-refractivity contribution in [3.05, 3.63) is 47.1 Å². The van der Waals surface area contributed by atoms with Crippen molar-refractivity contribution in [1.82, 2.24) is 15.3 Å². The van der Waals surface area contributed by atoms with Gasteiger partial charge >= 0.3 is 0 Å². The van der Waals surface area contributed by atoms with Gasteiger partial charge in [-0.05, 0) is 66.4 Å². The van der Waals surface area contributed by atoms with Crippen LogP contribution < -0.4 is 22.1 Å². The van der Waals surface area contributed by atoms with Crippen LogP contribution in [-0.4, -0.2) is 40.1 Å². The largest absolute Gasteiger partial charge is 0.399 e. The first-order valence-corrected chi connectivity index (χ1v) is 10.7. The van der Waals surface area contributed by atoms with Crippen molar-refractivity contribution >= 4 is 29.0 Å². The molecule has 2 saturated carbocycles. The second-order valence-electron chi connectivity index (χ2n) is 8.43. The maximum atomic E-state index is 14.2. The summed E-state index contributed by atoms with van der Waals surface area (Å²) in [5, 5.41) is 16.7. The average molecular weight is 449 g/mol. The first-order chi connectivity index (χ1) is 14.8.